The van der Waals surface area contributed by atoms with Gasteiger partial charge < -0.3 is 0 Å². The Hall–Kier alpha value is -1.51. The third kappa shape index (κ3) is 2.98. The molecular weight excluding hydrogens is 314 g/mol. The Balaban J connectivity index is 1.91. The highest BCUT2D eigenvalue weighted by atomic mass is 32.2. The summed E-state index contributed by atoms with van der Waals surface area (Å²) in [6.07, 6.45) is 5.33. The molecule has 1 saturated heterocycles. The molecule has 0 aliphatic carbocycles. The van der Waals surface area contributed by atoms with Gasteiger partial charge in [-0.2, -0.15) is 17.0 Å². The predicted octanol–water partition coefficient (Wildman–Crippen LogP) is 1.84. The second kappa shape index (κ2) is 6.54. The van der Waals surface area contributed by atoms with E-state index in [9.17, 15) is 8.42 Å². The first-order valence-electron chi connectivity index (χ1n) is 8.08. The van der Waals surface area contributed by atoms with Crippen LogP contribution in [0.4, 0.5) is 0 Å². The average Bonchev–Trinajstić information content (AvgIpc) is 3.18. The number of nitrogens with zero attached hydrogens (tertiary/aromatic N) is 5. The number of hydrogen-bond acceptors (Lipinski definition) is 4. The molecule has 3 rings (SSSR count). The van der Waals surface area contributed by atoms with E-state index in [0.717, 1.165) is 31.3 Å². The highest BCUT2D eigenvalue weighted by molar-refractivity contribution is 7.86. The molecule has 2 aromatic rings. The first-order chi connectivity index (χ1) is 11.1. The van der Waals surface area contributed by atoms with Crippen molar-refractivity contribution in [1.29, 1.82) is 0 Å². The molecule has 1 unspecified atom stereocenters. The van der Waals surface area contributed by atoms with E-state index in [4.69, 9.17) is 0 Å². The normalized spacial score (nSPS) is 19.9. The number of hydrogen-bond donors (Lipinski definition) is 0. The number of rotatable bonds is 6. The molecule has 0 radical (unpaired) electrons. The third-order valence-electron chi connectivity index (χ3n) is 4.36. The highest BCUT2D eigenvalue weighted by Gasteiger charge is 2.39. The van der Waals surface area contributed by atoms with Gasteiger partial charge in [-0.15, -0.1) is 10.2 Å². The summed E-state index contributed by atoms with van der Waals surface area (Å²) in [6, 6.07) is 5.43. The van der Waals surface area contributed by atoms with Crippen LogP contribution in [0, 0.1) is 0 Å². The van der Waals surface area contributed by atoms with E-state index in [2.05, 4.69) is 17.1 Å². The SMILES string of the molecule is CCCCN(C)S(=O)(=O)N1CCCC1c1nnc2ccccn12. The number of aromatic nitrogens is 3. The van der Waals surface area contributed by atoms with Crippen LogP contribution < -0.4 is 0 Å². The van der Waals surface area contributed by atoms with Gasteiger partial charge in [-0.1, -0.05) is 19.4 Å². The maximum Gasteiger partial charge on any atom is 0.282 e. The summed E-state index contributed by atoms with van der Waals surface area (Å²) in [5.41, 5.74) is 0.742. The minimum atomic E-state index is -3.47. The van der Waals surface area contributed by atoms with Gasteiger partial charge in [0.2, 0.25) is 0 Å². The third-order valence-corrected chi connectivity index (χ3v) is 6.36. The van der Waals surface area contributed by atoms with Crippen LogP contribution in [-0.2, 0) is 10.2 Å². The first-order valence-corrected chi connectivity index (χ1v) is 9.48. The molecule has 2 aromatic heterocycles. The molecule has 0 amide bonds. The zero-order chi connectivity index (χ0) is 16.4. The first kappa shape index (κ1) is 16.4. The minimum absolute atomic E-state index is 0.249. The van der Waals surface area contributed by atoms with Gasteiger partial charge in [-0.05, 0) is 31.4 Å². The molecule has 0 N–H and O–H groups in total. The van der Waals surface area contributed by atoms with E-state index in [1.165, 1.54) is 4.31 Å². The smallest absolute Gasteiger partial charge is 0.282 e. The summed E-state index contributed by atoms with van der Waals surface area (Å²) >= 11 is 0. The monoisotopic (exact) mass is 337 g/mol. The second-order valence-electron chi connectivity index (χ2n) is 5.94. The van der Waals surface area contributed by atoms with Crippen LogP contribution in [0.25, 0.3) is 5.65 Å². The Bertz CT molecular complexity index is 773. The highest BCUT2D eigenvalue weighted by Crippen LogP contribution is 2.34. The van der Waals surface area contributed by atoms with Crippen molar-refractivity contribution >= 4 is 15.9 Å². The fraction of sp³-hybridized carbons (Fsp3) is 0.600. The summed E-state index contributed by atoms with van der Waals surface area (Å²) in [5, 5.41) is 8.40. The van der Waals surface area contributed by atoms with Crippen LogP contribution in [0.1, 0.15) is 44.5 Å². The molecule has 1 aliphatic rings. The fourth-order valence-corrected chi connectivity index (χ4v) is 4.64. The van der Waals surface area contributed by atoms with Crippen molar-refractivity contribution in [3.8, 4) is 0 Å². The van der Waals surface area contributed by atoms with E-state index < -0.39 is 10.2 Å². The summed E-state index contributed by atoms with van der Waals surface area (Å²) in [4.78, 5) is 0. The van der Waals surface area contributed by atoms with Gasteiger partial charge in [0.1, 0.15) is 0 Å². The van der Waals surface area contributed by atoms with Gasteiger partial charge in [0, 0.05) is 26.3 Å². The zero-order valence-electron chi connectivity index (χ0n) is 13.6. The average molecular weight is 337 g/mol. The molecule has 1 fully saturated rings. The quantitative estimate of drug-likeness (QED) is 0.806. The van der Waals surface area contributed by atoms with E-state index in [-0.39, 0.29) is 6.04 Å². The van der Waals surface area contributed by atoms with Gasteiger partial charge in [0.15, 0.2) is 11.5 Å². The summed E-state index contributed by atoms with van der Waals surface area (Å²) in [6.45, 7) is 3.13. The lowest BCUT2D eigenvalue weighted by Crippen LogP contribution is -2.42. The van der Waals surface area contributed by atoms with Gasteiger partial charge >= 0.3 is 0 Å². The fourth-order valence-electron chi connectivity index (χ4n) is 3.04. The van der Waals surface area contributed by atoms with Crippen molar-refractivity contribution < 1.29 is 8.42 Å². The lowest BCUT2D eigenvalue weighted by Gasteiger charge is -2.28. The molecule has 0 bridgehead atoms. The molecule has 0 aromatic carbocycles. The van der Waals surface area contributed by atoms with Crippen LogP contribution in [0.2, 0.25) is 0 Å². The molecule has 1 atom stereocenters. The summed E-state index contributed by atoms with van der Waals surface area (Å²) in [5.74, 6) is 0.700. The molecule has 3 heterocycles. The van der Waals surface area contributed by atoms with Crippen LogP contribution >= 0.6 is 0 Å². The second-order valence-corrected chi connectivity index (χ2v) is 7.93. The van der Waals surface area contributed by atoms with Crippen molar-refractivity contribution in [2.45, 2.75) is 38.6 Å². The van der Waals surface area contributed by atoms with Crippen molar-refractivity contribution in [2.75, 3.05) is 20.1 Å². The number of fused-ring (bicyclic) bond motifs is 1. The Morgan fingerprint density at radius 3 is 2.96 bits per heavy atom. The molecule has 7 nitrogen and oxygen atoms in total. The topological polar surface area (TPSA) is 70.8 Å². The van der Waals surface area contributed by atoms with Crippen molar-refractivity contribution in [3.63, 3.8) is 0 Å². The van der Waals surface area contributed by atoms with Crippen molar-refractivity contribution in [1.82, 2.24) is 23.2 Å². The molecular formula is C15H23N5O2S. The Labute approximate surface area is 137 Å². The van der Waals surface area contributed by atoms with Crippen molar-refractivity contribution in [3.05, 3.63) is 30.2 Å². The molecule has 23 heavy (non-hydrogen) atoms. The minimum Gasteiger partial charge on any atom is -0.285 e. The van der Waals surface area contributed by atoms with E-state index in [1.54, 1.807) is 11.4 Å². The zero-order valence-corrected chi connectivity index (χ0v) is 14.4. The van der Waals surface area contributed by atoms with Crippen LogP contribution in [0.3, 0.4) is 0 Å². The van der Waals surface area contributed by atoms with Crippen LogP contribution in [-0.4, -0.2) is 51.8 Å². The molecule has 126 valence electrons. The van der Waals surface area contributed by atoms with Crippen LogP contribution in [0.5, 0.6) is 0 Å². The summed E-state index contributed by atoms with van der Waals surface area (Å²) < 4.78 is 30.7. The number of pyridine rings is 1. The predicted molar refractivity (Wildman–Crippen MR) is 88.1 cm³/mol. The van der Waals surface area contributed by atoms with Crippen molar-refractivity contribution in [2.24, 2.45) is 0 Å². The number of unbranched alkanes of at least 4 members (excludes halogenated alkanes) is 1. The largest absolute Gasteiger partial charge is 0.285 e. The molecule has 0 saturated carbocycles. The van der Waals surface area contributed by atoms with E-state index >= 15 is 0 Å². The van der Waals surface area contributed by atoms with Gasteiger partial charge in [0.25, 0.3) is 10.2 Å². The summed E-state index contributed by atoms with van der Waals surface area (Å²) in [7, 11) is -1.81. The maximum absolute atomic E-state index is 12.9. The van der Waals surface area contributed by atoms with Crippen LogP contribution in [0.15, 0.2) is 24.4 Å². The molecule has 1 aliphatic heterocycles. The lowest BCUT2D eigenvalue weighted by atomic mass is 10.2. The van der Waals surface area contributed by atoms with Gasteiger partial charge in [-0.25, -0.2) is 0 Å². The Kier molecular flexibility index (Phi) is 4.65. The van der Waals surface area contributed by atoms with Gasteiger partial charge in [-0.3, -0.25) is 4.40 Å². The Morgan fingerprint density at radius 2 is 2.17 bits per heavy atom. The maximum atomic E-state index is 12.9. The van der Waals surface area contributed by atoms with E-state index in [1.807, 2.05) is 28.8 Å². The standard InChI is InChI=1S/C15H23N5O2S/c1-3-4-10-18(2)23(21,22)20-12-7-8-13(20)15-17-16-14-9-5-6-11-19(14)15/h5-6,9,11,13H,3-4,7-8,10,12H2,1-2H3. The van der Waals surface area contributed by atoms with Gasteiger partial charge in [0.05, 0.1) is 6.04 Å². The molecule has 0 spiro atoms. The Morgan fingerprint density at radius 1 is 1.35 bits per heavy atom. The lowest BCUT2D eigenvalue weighted by molar-refractivity contribution is 0.336. The molecule has 8 heteroatoms. The van der Waals surface area contributed by atoms with E-state index in [0.29, 0.717) is 18.9 Å².